The van der Waals surface area contributed by atoms with Crippen molar-refractivity contribution in [3.8, 4) is 0 Å². The zero-order chi connectivity index (χ0) is 19.2. The fourth-order valence-electron chi connectivity index (χ4n) is 3.98. The molecule has 1 aliphatic heterocycles. The van der Waals surface area contributed by atoms with E-state index in [1.807, 2.05) is 29.2 Å². The van der Waals surface area contributed by atoms with Gasteiger partial charge in [0.05, 0.1) is 12.2 Å². The van der Waals surface area contributed by atoms with Gasteiger partial charge < -0.3 is 20.1 Å². The van der Waals surface area contributed by atoms with E-state index in [4.69, 9.17) is 4.74 Å². The average molecular weight is 374 g/mol. The minimum atomic E-state index is -0.482. The lowest BCUT2D eigenvalue weighted by Gasteiger charge is -2.31. The van der Waals surface area contributed by atoms with Crippen LogP contribution in [0.25, 0.3) is 0 Å². The third kappa shape index (κ3) is 5.08. The van der Waals surface area contributed by atoms with E-state index >= 15 is 0 Å². The summed E-state index contributed by atoms with van der Waals surface area (Å²) in [7, 11) is 1.57. The Labute approximate surface area is 160 Å². The number of carbonyl (C=O) groups excluding carboxylic acids is 2. The first-order chi connectivity index (χ1) is 13.1. The van der Waals surface area contributed by atoms with Crippen molar-refractivity contribution >= 4 is 11.8 Å². The standard InChI is InChI=1S/C21H30N2O4/c1-27-19-13-17(9-10-18(19)24)20(25)22-14-15-5-7-16(8-6-15)21(26)23-11-3-2-4-12-23/h5-8,17-19,24H,2-4,9-14H2,1H3,(H,22,25)/t17-,18+,19-/m1/s1. The molecule has 0 radical (unpaired) electrons. The molecule has 2 amide bonds. The number of nitrogens with one attached hydrogen (secondary N) is 1. The maximum Gasteiger partial charge on any atom is 0.253 e. The number of ether oxygens (including phenoxy) is 1. The highest BCUT2D eigenvalue weighted by molar-refractivity contribution is 5.94. The lowest BCUT2D eigenvalue weighted by atomic mass is 9.84. The van der Waals surface area contributed by atoms with Gasteiger partial charge in [0.15, 0.2) is 0 Å². The molecule has 1 heterocycles. The molecule has 1 saturated heterocycles. The van der Waals surface area contributed by atoms with Crippen LogP contribution in [-0.2, 0) is 16.1 Å². The van der Waals surface area contributed by atoms with E-state index in [9.17, 15) is 14.7 Å². The van der Waals surface area contributed by atoms with Crippen LogP contribution in [0.4, 0.5) is 0 Å². The summed E-state index contributed by atoms with van der Waals surface area (Å²) in [6, 6.07) is 7.49. The van der Waals surface area contributed by atoms with Crippen molar-refractivity contribution in [1.29, 1.82) is 0 Å². The second-order valence-corrected chi connectivity index (χ2v) is 7.62. The molecule has 1 aromatic rings. The summed E-state index contributed by atoms with van der Waals surface area (Å²) in [5.74, 6) is -0.0348. The van der Waals surface area contributed by atoms with Gasteiger partial charge in [-0.3, -0.25) is 9.59 Å². The van der Waals surface area contributed by atoms with E-state index in [0.29, 0.717) is 31.4 Å². The number of carbonyl (C=O) groups is 2. The largest absolute Gasteiger partial charge is 0.390 e. The topological polar surface area (TPSA) is 78.9 Å². The van der Waals surface area contributed by atoms with Crippen LogP contribution in [0.5, 0.6) is 0 Å². The Morgan fingerprint density at radius 3 is 2.52 bits per heavy atom. The van der Waals surface area contributed by atoms with E-state index in [-0.39, 0.29) is 23.8 Å². The first-order valence-corrected chi connectivity index (χ1v) is 9.95. The van der Waals surface area contributed by atoms with Gasteiger partial charge in [-0.2, -0.15) is 0 Å². The quantitative estimate of drug-likeness (QED) is 0.827. The lowest BCUT2D eigenvalue weighted by Crippen LogP contribution is -2.41. The monoisotopic (exact) mass is 374 g/mol. The van der Waals surface area contributed by atoms with Gasteiger partial charge in [-0.25, -0.2) is 0 Å². The second-order valence-electron chi connectivity index (χ2n) is 7.62. The number of aliphatic hydroxyl groups is 1. The molecule has 2 N–H and O–H groups in total. The fraction of sp³-hybridized carbons (Fsp3) is 0.619. The number of rotatable bonds is 5. The predicted molar refractivity (Wildman–Crippen MR) is 102 cm³/mol. The van der Waals surface area contributed by atoms with E-state index in [1.165, 1.54) is 6.42 Å². The Bertz CT molecular complexity index is 640. The van der Waals surface area contributed by atoms with Gasteiger partial charge in [-0.05, 0) is 56.2 Å². The summed E-state index contributed by atoms with van der Waals surface area (Å²) in [4.78, 5) is 26.8. The van der Waals surface area contributed by atoms with Crippen molar-refractivity contribution in [2.75, 3.05) is 20.2 Å². The fourth-order valence-corrected chi connectivity index (χ4v) is 3.98. The third-order valence-electron chi connectivity index (χ3n) is 5.74. The molecule has 3 atom stereocenters. The highest BCUT2D eigenvalue weighted by Gasteiger charge is 2.32. The summed E-state index contributed by atoms with van der Waals surface area (Å²) in [5.41, 5.74) is 1.67. The molecule has 27 heavy (non-hydrogen) atoms. The molecular weight excluding hydrogens is 344 g/mol. The van der Waals surface area contributed by atoms with Crippen LogP contribution >= 0.6 is 0 Å². The van der Waals surface area contributed by atoms with E-state index < -0.39 is 6.10 Å². The molecule has 6 nitrogen and oxygen atoms in total. The lowest BCUT2D eigenvalue weighted by molar-refractivity contribution is -0.130. The number of hydrogen-bond acceptors (Lipinski definition) is 4. The summed E-state index contributed by atoms with van der Waals surface area (Å²) >= 11 is 0. The minimum Gasteiger partial charge on any atom is -0.390 e. The van der Waals surface area contributed by atoms with Crippen LogP contribution in [0.2, 0.25) is 0 Å². The van der Waals surface area contributed by atoms with Crippen molar-refractivity contribution in [2.24, 2.45) is 5.92 Å². The molecule has 148 valence electrons. The van der Waals surface area contributed by atoms with Crippen molar-refractivity contribution in [3.05, 3.63) is 35.4 Å². The van der Waals surface area contributed by atoms with Crippen LogP contribution in [-0.4, -0.2) is 54.2 Å². The Morgan fingerprint density at radius 1 is 1.15 bits per heavy atom. The molecule has 0 spiro atoms. The van der Waals surface area contributed by atoms with Gasteiger partial charge >= 0.3 is 0 Å². The van der Waals surface area contributed by atoms with Crippen molar-refractivity contribution in [3.63, 3.8) is 0 Å². The number of likely N-dealkylation sites (tertiary alicyclic amines) is 1. The molecule has 2 aliphatic rings. The SMILES string of the molecule is CO[C@@H]1C[C@H](C(=O)NCc2ccc(C(=O)N3CCCCC3)cc2)CC[C@@H]1O. The van der Waals surface area contributed by atoms with E-state index in [0.717, 1.165) is 31.5 Å². The number of piperidine rings is 1. The van der Waals surface area contributed by atoms with E-state index in [1.54, 1.807) is 7.11 Å². The number of aliphatic hydroxyl groups excluding tert-OH is 1. The van der Waals surface area contributed by atoms with Gasteiger partial charge in [0, 0.05) is 38.2 Å². The van der Waals surface area contributed by atoms with Gasteiger partial charge in [0.1, 0.15) is 0 Å². The minimum absolute atomic E-state index is 0.00239. The summed E-state index contributed by atoms with van der Waals surface area (Å²) in [5, 5.41) is 12.8. The van der Waals surface area contributed by atoms with Crippen LogP contribution in [0.1, 0.15) is 54.4 Å². The molecule has 0 unspecified atom stereocenters. The van der Waals surface area contributed by atoms with Gasteiger partial charge in [-0.1, -0.05) is 12.1 Å². The first-order valence-electron chi connectivity index (χ1n) is 9.95. The van der Waals surface area contributed by atoms with E-state index in [2.05, 4.69) is 5.32 Å². The van der Waals surface area contributed by atoms with Crippen LogP contribution in [0.3, 0.4) is 0 Å². The predicted octanol–water partition coefficient (Wildman–Crippen LogP) is 2.10. The third-order valence-corrected chi connectivity index (χ3v) is 5.74. The molecular formula is C21H30N2O4. The summed E-state index contributed by atoms with van der Waals surface area (Å²) in [6.45, 7) is 2.12. The maximum atomic E-state index is 12.5. The molecule has 1 saturated carbocycles. The highest BCUT2D eigenvalue weighted by Crippen LogP contribution is 2.26. The van der Waals surface area contributed by atoms with Crippen LogP contribution in [0, 0.1) is 5.92 Å². The molecule has 3 rings (SSSR count). The Morgan fingerprint density at radius 2 is 1.85 bits per heavy atom. The number of hydrogen-bond donors (Lipinski definition) is 2. The highest BCUT2D eigenvalue weighted by atomic mass is 16.5. The number of nitrogens with zero attached hydrogens (tertiary/aromatic N) is 1. The summed E-state index contributed by atoms with van der Waals surface area (Å²) < 4.78 is 5.27. The zero-order valence-corrected chi connectivity index (χ0v) is 16.0. The Kier molecular flexibility index (Phi) is 6.85. The van der Waals surface area contributed by atoms with Crippen molar-refractivity contribution < 1.29 is 19.4 Å². The molecule has 6 heteroatoms. The van der Waals surface area contributed by atoms with Crippen molar-refractivity contribution in [2.45, 2.75) is 57.3 Å². The molecule has 2 fully saturated rings. The molecule has 0 aromatic heterocycles. The number of methoxy groups -OCH3 is 1. The Balaban J connectivity index is 1.49. The normalized spacial score (nSPS) is 25.9. The summed E-state index contributed by atoms with van der Waals surface area (Å²) in [6.07, 6.45) is 4.43. The molecule has 1 aromatic carbocycles. The second kappa shape index (κ2) is 9.33. The van der Waals surface area contributed by atoms with Crippen LogP contribution in [0.15, 0.2) is 24.3 Å². The molecule has 0 bridgehead atoms. The smallest absolute Gasteiger partial charge is 0.253 e. The molecule has 1 aliphatic carbocycles. The Hall–Kier alpha value is -1.92. The number of benzene rings is 1. The average Bonchev–Trinajstić information content (AvgIpc) is 2.73. The van der Waals surface area contributed by atoms with Gasteiger partial charge in [-0.15, -0.1) is 0 Å². The van der Waals surface area contributed by atoms with Crippen LogP contribution < -0.4 is 5.32 Å². The zero-order valence-electron chi connectivity index (χ0n) is 16.0. The maximum absolute atomic E-state index is 12.5. The van der Waals surface area contributed by atoms with Crippen molar-refractivity contribution in [1.82, 2.24) is 10.2 Å². The first kappa shape index (κ1) is 19.8. The van der Waals surface area contributed by atoms with Gasteiger partial charge in [0.2, 0.25) is 5.91 Å². The van der Waals surface area contributed by atoms with Gasteiger partial charge in [0.25, 0.3) is 5.91 Å². The number of amides is 2.